The predicted molar refractivity (Wildman–Crippen MR) is 112 cm³/mol. The van der Waals surface area contributed by atoms with Gasteiger partial charge in [-0.2, -0.15) is 0 Å². The molecule has 1 heterocycles. The summed E-state index contributed by atoms with van der Waals surface area (Å²) in [5.41, 5.74) is 4.78. The van der Waals surface area contributed by atoms with Crippen LogP contribution in [0.4, 0.5) is 0 Å². The lowest BCUT2D eigenvalue weighted by Gasteiger charge is -2.27. The highest BCUT2D eigenvalue weighted by molar-refractivity contribution is 8.00. The minimum Gasteiger partial charge on any atom is -0.348 e. The van der Waals surface area contributed by atoms with Crippen molar-refractivity contribution in [2.75, 3.05) is 0 Å². The fourth-order valence-corrected chi connectivity index (χ4v) is 4.28. The van der Waals surface area contributed by atoms with Crippen molar-refractivity contribution in [2.24, 2.45) is 0 Å². The van der Waals surface area contributed by atoms with Gasteiger partial charge in [-0.15, -0.1) is 5.10 Å². The van der Waals surface area contributed by atoms with Crippen LogP contribution in [-0.4, -0.2) is 26.3 Å². The van der Waals surface area contributed by atoms with E-state index < -0.39 is 0 Å². The number of thioether (sulfide) groups is 1. The van der Waals surface area contributed by atoms with Gasteiger partial charge in [-0.1, -0.05) is 65.9 Å². The largest absolute Gasteiger partial charge is 0.348 e. The lowest BCUT2D eigenvalue weighted by molar-refractivity contribution is -0.121. The minimum absolute atomic E-state index is 0.0217. The molecule has 2 N–H and O–H groups in total. The summed E-state index contributed by atoms with van der Waals surface area (Å²) in [6.45, 7) is 3.95. The normalized spacial score (nSPS) is 17.0. The molecule has 1 amide bonds. The number of rotatable bonds is 5. The smallest absolute Gasteiger partial charge is 0.233 e. The van der Waals surface area contributed by atoms with E-state index in [0.717, 1.165) is 30.7 Å². The first-order valence-corrected chi connectivity index (χ1v) is 10.5. The number of nitrogens with one attached hydrogen (secondary N) is 2. The number of carbonyl (C=O) groups is 1. The van der Waals surface area contributed by atoms with Crippen LogP contribution in [0.5, 0.6) is 0 Å². The molecule has 2 atom stereocenters. The summed E-state index contributed by atoms with van der Waals surface area (Å²) in [5.74, 6) is 0.740. The van der Waals surface area contributed by atoms with E-state index in [4.69, 9.17) is 0 Å². The molecule has 0 aliphatic heterocycles. The summed E-state index contributed by atoms with van der Waals surface area (Å²) in [4.78, 5) is 17.3. The molecule has 1 aromatic heterocycles. The number of carbonyl (C=O) groups excluding carboxylic acids is 1. The maximum absolute atomic E-state index is 12.7. The molecule has 5 nitrogen and oxygen atoms in total. The van der Waals surface area contributed by atoms with Gasteiger partial charge in [-0.25, -0.2) is 4.98 Å². The van der Waals surface area contributed by atoms with Gasteiger partial charge in [0.15, 0.2) is 5.82 Å². The summed E-state index contributed by atoms with van der Waals surface area (Å²) in [6, 6.07) is 16.6. The van der Waals surface area contributed by atoms with E-state index in [1.165, 1.54) is 28.5 Å². The second kappa shape index (κ2) is 8.19. The summed E-state index contributed by atoms with van der Waals surface area (Å²) in [5, 5.41) is 10.8. The van der Waals surface area contributed by atoms with Gasteiger partial charge in [0, 0.05) is 5.56 Å². The van der Waals surface area contributed by atoms with Crippen LogP contribution in [0.1, 0.15) is 42.5 Å². The molecule has 1 aliphatic carbocycles. The Morgan fingerprint density at radius 2 is 2.00 bits per heavy atom. The number of nitrogens with zero attached hydrogens (tertiary/aromatic N) is 2. The Hall–Kier alpha value is -2.60. The number of aromatic amines is 1. The predicted octanol–water partition coefficient (Wildman–Crippen LogP) is 4.45. The maximum atomic E-state index is 12.7. The Balaban J connectivity index is 1.40. The standard InChI is InChI=1S/C22H24N4OS/c1-14-10-12-17(13-11-14)20-24-22(26-25-20)28-15(2)21(27)23-19-9-5-7-16-6-3-4-8-18(16)19/h3-4,6,8,10-13,15,19H,5,7,9H2,1-2H3,(H,23,27)(H,24,25,26)/t15-,19-/m0/s1. The summed E-state index contributed by atoms with van der Waals surface area (Å²) < 4.78 is 0. The van der Waals surface area contributed by atoms with Crippen molar-refractivity contribution in [3.63, 3.8) is 0 Å². The first kappa shape index (κ1) is 18.7. The summed E-state index contributed by atoms with van der Waals surface area (Å²) in [7, 11) is 0. The average Bonchev–Trinajstić information content (AvgIpc) is 3.17. The van der Waals surface area contributed by atoms with Gasteiger partial charge in [-0.3, -0.25) is 9.89 Å². The van der Waals surface area contributed by atoms with Crippen LogP contribution in [0.2, 0.25) is 0 Å². The highest BCUT2D eigenvalue weighted by Crippen LogP contribution is 2.30. The molecule has 6 heteroatoms. The molecule has 0 saturated carbocycles. The number of benzene rings is 2. The van der Waals surface area contributed by atoms with Gasteiger partial charge in [0.25, 0.3) is 0 Å². The number of hydrogen-bond donors (Lipinski definition) is 2. The lowest BCUT2D eigenvalue weighted by atomic mass is 9.88. The highest BCUT2D eigenvalue weighted by atomic mass is 32.2. The third kappa shape index (κ3) is 4.12. The van der Waals surface area contributed by atoms with Crippen LogP contribution in [0.25, 0.3) is 11.4 Å². The molecule has 0 fully saturated rings. The quantitative estimate of drug-likeness (QED) is 0.629. The summed E-state index contributed by atoms with van der Waals surface area (Å²) >= 11 is 1.37. The molecule has 0 radical (unpaired) electrons. The zero-order valence-electron chi connectivity index (χ0n) is 16.1. The van der Waals surface area contributed by atoms with Gasteiger partial charge in [0.2, 0.25) is 11.1 Å². The highest BCUT2D eigenvalue weighted by Gasteiger charge is 2.24. The third-order valence-corrected chi connectivity index (χ3v) is 6.09. The van der Waals surface area contributed by atoms with Crippen LogP contribution in [0, 0.1) is 6.92 Å². The van der Waals surface area contributed by atoms with E-state index >= 15 is 0 Å². The topological polar surface area (TPSA) is 70.7 Å². The fraction of sp³-hybridized carbons (Fsp3) is 0.318. The van der Waals surface area contributed by atoms with Crippen LogP contribution >= 0.6 is 11.8 Å². The van der Waals surface area contributed by atoms with Gasteiger partial charge in [-0.05, 0) is 44.2 Å². The fourth-order valence-electron chi connectivity index (χ4n) is 3.54. The molecule has 144 valence electrons. The van der Waals surface area contributed by atoms with E-state index in [0.29, 0.717) is 5.16 Å². The maximum Gasteiger partial charge on any atom is 0.233 e. The number of amides is 1. The Morgan fingerprint density at radius 3 is 2.82 bits per heavy atom. The van der Waals surface area contributed by atoms with Crippen molar-refractivity contribution < 1.29 is 4.79 Å². The molecular formula is C22H24N4OS. The van der Waals surface area contributed by atoms with Crippen molar-refractivity contribution in [1.82, 2.24) is 20.5 Å². The average molecular weight is 393 g/mol. The van der Waals surface area contributed by atoms with Gasteiger partial charge < -0.3 is 5.32 Å². The van der Waals surface area contributed by atoms with Gasteiger partial charge in [0.1, 0.15) is 0 Å². The van der Waals surface area contributed by atoms with E-state index in [9.17, 15) is 4.79 Å². The third-order valence-electron chi connectivity index (χ3n) is 5.13. The molecule has 0 unspecified atom stereocenters. The molecule has 0 bridgehead atoms. The van der Waals surface area contributed by atoms with E-state index in [-0.39, 0.29) is 17.2 Å². The van der Waals surface area contributed by atoms with Crippen molar-refractivity contribution in [2.45, 2.75) is 49.6 Å². The number of H-pyrrole nitrogens is 1. The molecule has 4 rings (SSSR count). The molecule has 0 saturated heterocycles. The van der Waals surface area contributed by atoms with Gasteiger partial charge >= 0.3 is 0 Å². The van der Waals surface area contributed by atoms with Crippen LogP contribution < -0.4 is 5.32 Å². The van der Waals surface area contributed by atoms with Crippen LogP contribution in [0.15, 0.2) is 53.7 Å². The Bertz CT molecular complexity index is 967. The first-order valence-electron chi connectivity index (χ1n) is 9.64. The second-order valence-corrected chi connectivity index (χ2v) is 8.55. The molecular weight excluding hydrogens is 368 g/mol. The Kier molecular flexibility index (Phi) is 5.48. The Morgan fingerprint density at radius 1 is 1.21 bits per heavy atom. The molecule has 3 aromatic rings. The zero-order valence-corrected chi connectivity index (χ0v) is 16.9. The minimum atomic E-state index is -0.268. The number of aromatic nitrogens is 3. The van der Waals surface area contributed by atoms with Crippen LogP contribution in [-0.2, 0) is 11.2 Å². The van der Waals surface area contributed by atoms with Crippen molar-refractivity contribution in [1.29, 1.82) is 0 Å². The van der Waals surface area contributed by atoms with Crippen molar-refractivity contribution in [3.05, 3.63) is 65.2 Å². The van der Waals surface area contributed by atoms with Crippen molar-refractivity contribution >= 4 is 17.7 Å². The molecule has 2 aromatic carbocycles. The first-order chi connectivity index (χ1) is 13.6. The zero-order chi connectivity index (χ0) is 19.5. The summed E-state index contributed by atoms with van der Waals surface area (Å²) in [6.07, 6.45) is 3.18. The van der Waals surface area contributed by atoms with Crippen molar-refractivity contribution in [3.8, 4) is 11.4 Å². The number of fused-ring (bicyclic) bond motifs is 1. The number of aryl methyl sites for hydroxylation is 2. The molecule has 1 aliphatic rings. The monoisotopic (exact) mass is 392 g/mol. The SMILES string of the molecule is Cc1ccc(-c2nc(S[C@@H](C)C(=O)N[C@H]3CCCc4ccccc43)n[nH]2)cc1. The van der Waals surface area contributed by atoms with Gasteiger partial charge in [0.05, 0.1) is 11.3 Å². The Labute approximate surface area is 169 Å². The number of hydrogen-bond acceptors (Lipinski definition) is 4. The lowest BCUT2D eigenvalue weighted by Crippen LogP contribution is -2.35. The second-order valence-electron chi connectivity index (χ2n) is 7.24. The van der Waals surface area contributed by atoms with E-state index in [1.807, 2.05) is 37.3 Å². The molecule has 0 spiro atoms. The van der Waals surface area contributed by atoms with Crippen LogP contribution in [0.3, 0.4) is 0 Å². The van der Waals surface area contributed by atoms with E-state index in [1.54, 1.807) is 0 Å². The van der Waals surface area contributed by atoms with E-state index in [2.05, 4.69) is 45.6 Å². The molecule has 28 heavy (non-hydrogen) atoms.